The molecule has 1 aromatic carbocycles. The SMILES string of the molecule is CC(C)(C)OC(=O)N(C(=O)OC(C)(C)C)C1=N[C@]2(CF)c3cc([N+](=O)[O-])ccc3OCC[C@H]2S(=O)(=O)C1(C)C. The molecule has 2 aliphatic heterocycles. The molecule has 12 nitrogen and oxygen atoms in total. The second-order valence-corrected chi connectivity index (χ2v) is 14.6. The van der Waals surface area contributed by atoms with Crippen molar-refractivity contribution < 1.29 is 41.5 Å². The largest absolute Gasteiger partial charge is 0.493 e. The molecule has 2 amide bonds. The van der Waals surface area contributed by atoms with E-state index in [9.17, 15) is 28.1 Å². The Bertz CT molecular complexity index is 1300. The van der Waals surface area contributed by atoms with E-state index in [2.05, 4.69) is 4.99 Å². The summed E-state index contributed by atoms with van der Waals surface area (Å²) < 4.78 is 58.1. The fourth-order valence-corrected chi connectivity index (χ4v) is 6.77. The maximum atomic E-state index is 15.3. The standard InChI is InChI=1S/C25H34FN3O9S/c1-22(2,3)37-20(30)28(21(31)38-23(4,5)6)19-24(7,8)39(34,35)18-11-12-36-17-10-9-15(29(32)33)13-16(17)25(18,14-26)27-19/h9-10,13,18H,11-12,14H2,1-8H3/t18-,25-/m1/s1. The highest BCUT2D eigenvalue weighted by atomic mass is 32.2. The number of carbonyl (C=O) groups is 2. The number of amides is 2. The molecule has 0 fully saturated rings. The van der Waals surface area contributed by atoms with Crippen molar-refractivity contribution in [1.82, 2.24) is 4.90 Å². The highest BCUT2D eigenvalue weighted by Crippen LogP contribution is 2.50. The first-order valence-corrected chi connectivity index (χ1v) is 13.8. The number of rotatable bonds is 2. The van der Waals surface area contributed by atoms with Crippen LogP contribution >= 0.6 is 0 Å². The van der Waals surface area contributed by atoms with E-state index < -0.39 is 71.9 Å². The van der Waals surface area contributed by atoms with E-state index in [4.69, 9.17) is 14.2 Å². The van der Waals surface area contributed by atoms with Gasteiger partial charge in [0.25, 0.3) is 5.69 Å². The third kappa shape index (κ3) is 5.43. The van der Waals surface area contributed by atoms with E-state index in [0.717, 1.165) is 12.1 Å². The van der Waals surface area contributed by atoms with Crippen molar-refractivity contribution in [1.29, 1.82) is 0 Å². The summed E-state index contributed by atoms with van der Waals surface area (Å²) in [5, 5.41) is 10.0. The molecule has 0 saturated carbocycles. The minimum absolute atomic E-state index is 0.000146. The second kappa shape index (κ2) is 9.72. The minimum atomic E-state index is -4.46. The Kier molecular flexibility index (Phi) is 7.54. The van der Waals surface area contributed by atoms with E-state index in [1.807, 2.05) is 0 Å². The fraction of sp³-hybridized carbons (Fsp3) is 0.640. The number of halogens is 1. The average Bonchev–Trinajstić information content (AvgIpc) is 2.92. The number of imide groups is 1. The number of benzene rings is 1. The molecule has 0 aliphatic carbocycles. The fourth-order valence-electron chi connectivity index (χ4n) is 4.50. The zero-order valence-corrected chi connectivity index (χ0v) is 24.0. The van der Waals surface area contributed by atoms with Gasteiger partial charge in [-0.1, -0.05) is 0 Å². The Morgan fingerprint density at radius 3 is 2.15 bits per heavy atom. The molecule has 0 N–H and O–H groups in total. The lowest BCUT2D eigenvalue weighted by molar-refractivity contribution is -0.385. The van der Waals surface area contributed by atoms with Crippen LogP contribution in [-0.4, -0.2) is 70.7 Å². The van der Waals surface area contributed by atoms with Gasteiger partial charge in [0.05, 0.1) is 16.8 Å². The summed E-state index contributed by atoms with van der Waals surface area (Å²) in [6.45, 7) is 10.2. The van der Waals surface area contributed by atoms with Crippen molar-refractivity contribution in [2.24, 2.45) is 4.99 Å². The van der Waals surface area contributed by atoms with Gasteiger partial charge in [0.1, 0.15) is 39.7 Å². The van der Waals surface area contributed by atoms with Gasteiger partial charge in [-0.05, 0) is 61.5 Å². The number of nitro benzene ring substituents is 1. The van der Waals surface area contributed by atoms with E-state index in [1.54, 1.807) is 41.5 Å². The van der Waals surface area contributed by atoms with E-state index in [1.165, 1.54) is 19.9 Å². The van der Waals surface area contributed by atoms with Crippen LogP contribution in [0.15, 0.2) is 23.2 Å². The number of nitrogens with zero attached hydrogens (tertiary/aromatic N) is 3. The van der Waals surface area contributed by atoms with Gasteiger partial charge < -0.3 is 14.2 Å². The summed E-state index contributed by atoms with van der Waals surface area (Å²) in [4.78, 5) is 42.5. The highest BCUT2D eigenvalue weighted by molar-refractivity contribution is 7.94. The van der Waals surface area contributed by atoms with Crippen LogP contribution in [0, 0.1) is 10.1 Å². The number of nitro groups is 1. The van der Waals surface area contributed by atoms with Gasteiger partial charge in [-0.3, -0.25) is 15.1 Å². The number of alkyl halides is 1. The molecule has 0 aromatic heterocycles. The van der Waals surface area contributed by atoms with Crippen LogP contribution in [-0.2, 0) is 24.8 Å². The molecule has 0 bridgehead atoms. The molecule has 0 spiro atoms. The first-order valence-electron chi connectivity index (χ1n) is 12.3. The quantitative estimate of drug-likeness (QED) is 0.363. The zero-order valence-electron chi connectivity index (χ0n) is 23.2. The van der Waals surface area contributed by atoms with Crippen LogP contribution in [0.25, 0.3) is 0 Å². The van der Waals surface area contributed by atoms with Crippen LogP contribution < -0.4 is 4.74 Å². The Balaban J connectivity index is 2.42. The molecule has 1 aromatic rings. The number of fused-ring (bicyclic) bond motifs is 3. The molecule has 3 rings (SSSR count). The summed E-state index contributed by atoms with van der Waals surface area (Å²) in [7, 11) is -4.46. The number of non-ortho nitro benzene ring substituents is 1. The van der Waals surface area contributed by atoms with Gasteiger partial charge in [0, 0.05) is 24.1 Å². The topological polar surface area (TPSA) is 155 Å². The molecule has 0 saturated heterocycles. The van der Waals surface area contributed by atoms with Crippen LogP contribution in [0.4, 0.5) is 19.7 Å². The van der Waals surface area contributed by atoms with Gasteiger partial charge in [-0.15, -0.1) is 0 Å². The number of amidine groups is 1. The first kappa shape index (κ1) is 30.3. The molecule has 0 radical (unpaired) electrons. The minimum Gasteiger partial charge on any atom is -0.493 e. The summed E-state index contributed by atoms with van der Waals surface area (Å²) in [5.41, 5.74) is -5.13. The first-order chi connectivity index (χ1) is 17.7. The number of aliphatic imine (C=N–C) groups is 1. The number of hydrogen-bond acceptors (Lipinski definition) is 10. The molecule has 2 heterocycles. The summed E-state index contributed by atoms with van der Waals surface area (Å²) in [6, 6.07) is 3.40. The van der Waals surface area contributed by atoms with E-state index >= 15 is 4.39 Å². The molecule has 216 valence electrons. The van der Waals surface area contributed by atoms with Gasteiger partial charge in [-0.25, -0.2) is 22.4 Å². The van der Waals surface area contributed by atoms with Crippen molar-refractivity contribution in [2.45, 2.75) is 88.5 Å². The van der Waals surface area contributed by atoms with Crippen molar-refractivity contribution >= 4 is 33.5 Å². The molecule has 39 heavy (non-hydrogen) atoms. The van der Waals surface area contributed by atoms with Gasteiger partial charge in [-0.2, -0.15) is 4.90 Å². The molecular formula is C25H34FN3O9S. The van der Waals surface area contributed by atoms with Gasteiger partial charge >= 0.3 is 12.2 Å². The van der Waals surface area contributed by atoms with Crippen LogP contribution in [0.3, 0.4) is 0 Å². The number of hydrogen-bond donors (Lipinski definition) is 0. The molecule has 0 unspecified atom stereocenters. The average molecular weight is 572 g/mol. The van der Waals surface area contributed by atoms with Gasteiger partial charge in [0.15, 0.2) is 9.84 Å². The lowest BCUT2D eigenvalue weighted by Gasteiger charge is -2.46. The highest BCUT2D eigenvalue weighted by Gasteiger charge is 2.63. The Morgan fingerprint density at radius 2 is 1.69 bits per heavy atom. The second-order valence-electron chi connectivity index (χ2n) is 11.9. The molecular weight excluding hydrogens is 537 g/mol. The number of ether oxygens (including phenoxy) is 3. The van der Waals surface area contributed by atoms with Crippen LogP contribution in [0.2, 0.25) is 0 Å². The Morgan fingerprint density at radius 1 is 1.15 bits per heavy atom. The monoisotopic (exact) mass is 571 g/mol. The number of sulfone groups is 1. The third-order valence-corrected chi connectivity index (χ3v) is 9.29. The summed E-state index contributed by atoms with van der Waals surface area (Å²) in [6.07, 6.45) is -2.76. The maximum absolute atomic E-state index is 15.3. The maximum Gasteiger partial charge on any atom is 0.425 e. The Labute approximate surface area is 226 Å². The van der Waals surface area contributed by atoms with E-state index in [-0.39, 0.29) is 24.3 Å². The smallest absolute Gasteiger partial charge is 0.425 e. The van der Waals surface area contributed by atoms with Crippen molar-refractivity contribution in [2.75, 3.05) is 13.3 Å². The normalized spacial score (nSPS) is 23.6. The molecule has 2 atom stereocenters. The third-order valence-electron chi connectivity index (χ3n) is 6.31. The van der Waals surface area contributed by atoms with Gasteiger partial charge in [0.2, 0.25) is 0 Å². The van der Waals surface area contributed by atoms with Crippen molar-refractivity contribution in [3.05, 3.63) is 33.9 Å². The lowest BCUT2D eigenvalue weighted by Crippen LogP contribution is -2.65. The predicted octanol–water partition coefficient (Wildman–Crippen LogP) is 4.69. The van der Waals surface area contributed by atoms with Crippen molar-refractivity contribution in [3.8, 4) is 5.75 Å². The summed E-state index contributed by atoms with van der Waals surface area (Å²) >= 11 is 0. The number of carbonyl (C=O) groups excluding carboxylic acids is 2. The molecule has 14 heteroatoms. The lowest BCUT2D eigenvalue weighted by atomic mass is 9.85. The van der Waals surface area contributed by atoms with Crippen LogP contribution in [0.5, 0.6) is 5.75 Å². The molecule has 2 aliphatic rings. The van der Waals surface area contributed by atoms with E-state index in [0.29, 0.717) is 4.90 Å². The zero-order chi connectivity index (χ0) is 29.8. The summed E-state index contributed by atoms with van der Waals surface area (Å²) in [5.74, 6) is -0.640. The van der Waals surface area contributed by atoms with Crippen LogP contribution in [0.1, 0.15) is 67.4 Å². The predicted molar refractivity (Wildman–Crippen MR) is 139 cm³/mol. The van der Waals surface area contributed by atoms with Crippen molar-refractivity contribution in [3.63, 3.8) is 0 Å². The Hall–Kier alpha value is -3.29.